The van der Waals surface area contributed by atoms with Crippen LogP contribution in [0, 0.1) is 11.3 Å². The number of hydrogen-bond donors (Lipinski definition) is 1. The average Bonchev–Trinajstić information content (AvgIpc) is 3.14. The first-order chi connectivity index (χ1) is 11.8. The summed E-state index contributed by atoms with van der Waals surface area (Å²) >= 11 is 0. The molecule has 0 aliphatic heterocycles. The Morgan fingerprint density at radius 2 is 2.08 bits per heavy atom. The lowest BCUT2D eigenvalue weighted by Crippen LogP contribution is -2.20. The molecule has 0 saturated carbocycles. The molecule has 128 valence electrons. The van der Waals surface area contributed by atoms with Gasteiger partial charge in [-0.25, -0.2) is 9.78 Å². The molecule has 0 bridgehead atoms. The van der Waals surface area contributed by atoms with E-state index >= 15 is 0 Å². The van der Waals surface area contributed by atoms with Crippen LogP contribution in [0.15, 0.2) is 30.7 Å². The zero-order valence-electron chi connectivity index (χ0n) is 14.6. The van der Waals surface area contributed by atoms with Crippen LogP contribution in [-0.4, -0.2) is 27.2 Å². The minimum absolute atomic E-state index is 0.0979. The zero-order chi connectivity index (χ0) is 18.4. The van der Waals surface area contributed by atoms with Gasteiger partial charge >= 0.3 is 5.97 Å². The minimum atomic E-state index is -0.598. The predicted molar refractivity (Wildman–Crippen MR) is 94.5 cm³/mol. The quantitative estimate of drug-likeness (QED) is 0.725. The maximum Gasteiger partial charge on any atom is 0.357 e. The molecule has 0 radical (unpaired) electrons. The molecule has 0 amide bonds. The number of carbonyl (C=O) groups excluding carboxylic acids is 1. The first-order valence-corrected chi connectivity index (χ1v) is 7.75. The summed E-state index contributed by atoms with van der Waals surface area (Å²) < 4.78 is 8.45. The Labute approximate surface area is 145 Å². The van der Waals surface area contributed by atoms with Gasteiger partial charge in [-0.3, -0.25) is 0 Å². The van der Waals surface area contributed by atoms with Crippen molar-refractivity contribution in [3.05, 3.63) is 42.0 Å². The summed E-state index contributed by atoms with van der Waals surface area (Å²) in [6.45, 7) is 6.30. The van der Waals surface area contributed by atoms with E-state index < -0.39 is 5.97 Å². The molecule has 0 saturated heterocycles. The topological polar surface area (TPSA) is 98.9 Å². The number of esters is 1. The third-order valence-corrected chi connectivity index (χ3v) is 4.08. The van der Waals surface area contributed by atoms with Gasteiger partial charge in [0.15, 0.2) is 5.69 Å². The highest BCUT2D eigenvalue weighted by Gasteiger charge is 2.22. The lowest BCUT2D eigenvalue weighted by Gasteiger charge is -2.21. The van der Waals surface area contributed by atoms with Crippen LogP contribution in [0.4, 0.5) is 5.69 Å². The molecule has 7 nitrogen and oxygen atoms in total. The normalized spacial score (nSPS) is 11.5. The highest BCUT2D eigenvalue weighted by Crippen LogP contribution is 2.28. The molecule has 3 aromatic rings. The number of nitriles is 1. The van der Waals surface area contributed by atoms with Gasteiger partial charge in [-0.1, -0.05) is 0 Å². The second-order valence-corrected chi connectivity index (χ2v) is 6.74. The molecular formula is C18H19N5O2. The lowest BCUT2D eigenvalue weighted by atomic mass is 10.1. The van der Waals surface area contributed by atoms with E-state index in [1.165, 1.54) is 13.3 Å². The fourth-order valence-electron chi connectivity index (χ4n) is 2.80. The molecule has 3 rings (SSSR count). The molecule has 2 aromatic heterocycles. The number of carbonyl (C=O) groups is 1. The Balaban J connectivity index is 2.21. The van der Waals surface area contributed by atoms with Gasteiger partial charge in [-0.05, 0) is 39.0 Å². The second kappa shape index (κ2) is 5.67. The van der Waals surface area contributed by atoms with Crippen molar-refractivity contribution in [2.75, 3.05) is 12.8 Å². The van der Waals surface area contributed by atoms with E-state index in [0.717, 1.165) is 11.0 Å². The number of methoxy groups -OCH3 is 1. The second-order valence-electron chi connectivity index (χ2n) is 6.74. The number of aromatic nitrogens is 3. The van der Waals surface area contributed by atoms with Crippen molar-refractivity contribution in [3.63, 3.8) is 0 Å². The Hall–Kier alpha value is -3.27. The molecule has 7 heteroatoms. The average molecular weight is 337 g/mol. The number of nitrogen functional groups attached to an aromatic ring is 1. The molecule has 0 unspecified atom stereocenters. The first-order valence-electron chi connectivity index (χ1n) is 7.75. The number of benzene rings is 1. The van der Waals surface area contributed by atoms with Gasteiger partial charge in [0.1, 0.15) is 6.07 Å². The third-order valence-electron chi connectivity index (χ3n) is 4.08. The monoisotopic (exact) mass is 337 g/mol. The standard InChI is InChI=1S/C18H19N5O2/c1-18(2,3)23-10-21-13-7-12(5-6-14(13)23)22-9-11(8-19)15(20)16(22)17(24)25-4/h5-7,9-10H,20H2,1-4H3. The first kappa shape index (κ1) is 16.6. The summed E-state index contributed by atoms with van der Waals surface area (Å²) in [6, 6.07) is 7.64. The zero-order valence-corrected chi connectivity index (χ0v) is 14.6. The van der Waals surface area contributed by atoms with Crippen LogP contribution in [0.5, 0.6) is 0 Å². The molecular weight excluding hydrogens is 318 g/mol. The van der Waals surface area contributed by atoms with Gasteiger partial charge in [0.25, 0.3) is 0 Å². The summed E-state index contributed by atoms with van der Waals surface area (Å²) in [5, 5.41) is 9.21. The van der Waals surface area contributed by atoms with Crippen molar-refractivity contribution in [2.24, 2.45) is 0 Å². The van der Waals surface area contributed by atoms with Crippen molar-refractivity contribution in [2.45, 2.75) is 26.3 Å². The van der Waals surface area contributed by atoms with Crippen LogP contribution in [0.2, 0.25) is 0 Å². The van der Waals surface area contributed by atoms with Crippen LogP contribution >= 0.6 is 0 Å². The van der Waals surface area contributed by atoms with Crippen LogP contribution in [0.25, 0.3) is 16.7 Å². The third kappa shape index (κ3) is 2.62. The van der Waals surface area contributed by atoms with Gasteiger partial charge < -0.3 is 19.6 Å². The van der Waals surface area contributed by atoms with E-state index in [-0.39, 0.29) is 22.5 Å². The maximum absolute atomic E-state index is 12.1. The van der Waals surface area contributed by atoms with Crippen molar-refractivity contribution in [1.82, 2.24) is 14.1 Å². The molecule has 0 aliphatic carbocycles. The number of rotatable bonds is 2. The van der Waals surface area contributed by atoms with Crippen LogP contribution in [-0.2, 0) is 10.3 Å². The minimum Gasteiger partial charge on any atom is -0.464 e. The van der Waals surface area contributed by atoms with Gasteiger partial charge in [-0.2, -0.15) is 5.26 Å². The molecule has 0 aliphatic rings. The Morgan fingerprint density at radius 3 is 2.68 bits per heavy atom. The number of imidazole rings is 1. The van der Waals surface area contributed by atoms with E-state index in [1.807, 2.05) is 24.3 Å². The molecule has 1 aromatic carbocycles. The summed E-state index contributed by atoms with van der Waals surface area (Å²) in [6.07, 6.45) is 3.32. The van der Waals surface area contributed by atoms with Gasteiger partial charge in [-0.15, -0.1) is 0 Å². The number of nitrogens with two attached hydrogens (primary N) is 1. The largest absolute Gasteiger partial charge is 0.464 e. The summed E-state index contributed by atoms with van der Waals surface area (Å²) in [4.78, 5) is 16.6. The van der Waals surface area contributed by atoms with Crippen molar-refractivity contribution in [3.8, 4) is 11.8 Å². The van der Waals surface area contributed by atoms with E-state index in [1.54, 1.807) is 10.9 Å². The van der Waals surface area contributed by atoms with Crippen LogP contribution < -0.4 is 5.73 Å². The molecule has 0 fully saturated rings. The predicted octanol–water partition coefficient (Wildman–Crippen LogP) is 2.82. The smallest absolute Gasteiger partial charge is 0.357 e. The molecule has 2 N–H and O–H groups in total. The maximum atomic E-state index is 12.1. The van der Waals surface area contributed by atoms with Gasteiger partial charge in [0.2, 0.25) is 0 Å². The Kier molecular flexibility index (Phi) is 3.76. The fourth-order valence-corrected chi connectivity index (χ4v) is 2.80. The van der Waals surface area contributed by atoms with Crippen molar-refractivity contribution in [1.29, 1.82) is 5.26 Å². The SMILES string of the molecule is COC(=O)c1c(N)c(C#N)cn1-c1ccc2c(c1)ncn2C(C)(C)C. The highest BCUT2D eigenvalue weighted by atomic mass is 16.5. The van der Waals surface area contributed by atoms with Crippen LogP contribution in [0.1, 0.15) is 36.8 Å². The van der Waals surface area contributed by atoms with Crippen molar-refractivity contribution < 1.29 is 9.53 Å². The molecule has 0 atom stereocenters. The van der Waals surface area contributed by atoms with Crippen LogP contribution in [0.3, 0.4) is 0 Å². The summed E-state index contributed by atoms with van der Waals surface area (Å²) in [7, 11) is 1.28. The van der Waals surface area contributed by atoms with E-state index in [2.05, 4.69) is 30.3 Å². The number of hydrogen-bond acceptors (Lipinski definition) is 5. The fraction of sp³-hybridized carbons (Fsp3) is 0.278. The van der Waals surface area contributed by atoms with Crippen molar-refractivity contribution >= 4 is 22.7 Å². The van der Waals surface area contributed by atoms with E-state index in [0.29, 0.717) is 5.69 Å². The lowest BCUT2D eigenvalue weighted by molar-refractivity contribution is 0.0593. The number of fused-ring (bicyclic) bond motifs is 1. The van der Waals surface area contributed by atoms with E-state index in [4.69, 9.17) is 10.5 Å². The summed E-state index contributed by atoms with van der Waals surface area (Å²) in [5.41, 5.74) is 8.75. The number of ether oxygens (including phenoxy) is 1. The van der Waals surface area contributed by atoms with E-state index in [9.17, 15) is 10.1 Å². The van der Waals surface area contributed by atoms with Gasteiger partial charge in [0.05, 0.1) is 35.7 Å². The summed E-state index contributed by atoms with van der Waals surface area (Å²) in [5.74, 6) is -0.598. The number of anilines is 1. The Morgan fingerprint density at radius 1 is 1.36 bits per heavy atom. The molecule has 2 heterocycles. The Bertz CT molecular complexity index is 1010. The highest BCUT2D eigenvalue weighted by molar-refractivity contribution is 5.96. The van der Waals surface area contributed by atoms with Gasteiger partial charge in [0, 0.05) is 17.4 Å². The number of nitrogens with zero attached hydrogens (tertiary/aromatic N) is 4. The molecule has 0 spiro atoms. The molecule has 25 heavy (non-hydrogen) atoms.